The van der Waals surface area contributed by atoms with Gasteiger partial charge in [-0.3, -0.25) is 14.5 Å². The Kier molecular flexibility index (Phi) is 7.40. The van der Waals surface area contributed by atoms with Gasteiger partial charge in [0.1, 0.15) is 0 Å². The number of nitrogens with zero attached hydrogens (tertiary/aromatic N) is 2. The van der Waals surface area contributed by atoms with Gasteiger partial charge in [0.15, 0.2) is 0 Å². The number of morpholine rings is 1. The zero-order valence-electron chi connectivity index (χ0n) is 15.5. The second kappa shape index (κ2) is 9.53. The molecule has 1 fully saturated rings. The SMILES string of the molecule is CCCC(=O)Nc1cccc(C(=O)N(C)CC(C)N2CCOCC2)c1. The van der Waals surface area contributed by atoms with Gasteiger partial charge >= 0.3 is 0 Å². The first-order valence-electron chi connectivity index (χ1n) is 8.98. The maximum Gasteiger partial charge on any atom is 0.253 e. The van der Waals surface area contributed by atoms with Crippen LogP contribution in [0.4, 0.5) is 5.69 Å². The molecule has 0 aromatic heterocycles. The molecule has 0 saturated carbocycles. The maximum atomic E-state index is 12.7. The van der Waals surface area contributed by atoms with Crippen LogP contribution in [0.1, 0.15) is 37.0 Å². The Bertz CT molecular complexity index is 585. The van der Waals surface area contributed by atoms with Crippen molar-refractivity contribution in [1.29, 1.82) is 0 Å². The van der Waals surface area contributed by atoms with Crippen LogP contribution in [0.25, 0.3) is 0 Å². The lowest BCUT2D eigenvalue weighted by atomic mass is 10.1. The minimum absolute atomic E-state index is 0.0265. The predicted molar refractivity (Wildman–Crippen MR) is 98.8 cm³/mol. The third kappa shape index (κ3) is 5.83. The monoisotopic (exact) mass is 347 g/mol. The van der Waals surface area contributed by atoms with E-state index in [0.717, 1.165) is 32.7 Å². The van der Waals surface area contributed by atoms with E-state index >= 15 is 0 Å². The van der Waals surface area contributed by atoms with Gasteiger partial charge in [-0.25, -0.2) is 0 Å². The molecule has 1 aliphatic rings. The third-order valence-corrected chi connectivity index (χ3v) is 4.42. The average molecular weight is 347 g/mol. The number of carbonyl (C=O) groups is 2. The van der Waals surface area contributed by atoms with Crippen LogP contribution in [0.15, 0.2) is 24.3 Å². The van der Waals surface area contributed by atoms with Gasteiger partial charge in [-0.05, 0) is 31.5 Å². The fourth-order valence-corrected chi connectivity index (χ4v) is 3.01. The van der Waals surface area contributed by atoms with Gasteiger partial charge in [0.2, 0.25) is 5.91 Å². The largest absolute Gasteiger partial charge is 0.379 e. The van der Waals surface area contributed by atoms with Gasteiger partial charge in [0.05, 0.1) is 13.2 Å². The van der Waals surface area contributed by atoms with E-state index in [4.69, 9.17) is 4.74 Å². The smallest absolute Gasteiger partial charge is 0.253 e. The lowest BCUT2D eigenvalue weighted by molar-refractivity contribution is -0.116. The number of nitrogens with one attached hydrogen (secondary N) is 1. The summed E-state index contributed by atoms with van der Waals surface area (Å²) in [6.45, 7) is 8.07. The van der Waals surface area contributed by atoms with E-state index in [1.165, 1.54) is 0 Å². The zero-order valence-corrected chi connectivity index (χ0v) is 15.5. The van der Waals surface area contributed by atoms with E-state index < -0.39 is 0 Å². The van der Waals surface area contributed by atoms with Crippen molar-refractivity contribution >= 4 is 17.5 Å². The van der Waals surface area contributed by atoms with E-state index in [0.29, 0.717) is 24.2 Å². The Morgan fingerprint density at radius 2 is 2.04 bits per heavy atom. The zero-order chi connectivity index (χ0) is 18.2. The van der Waals surface area contributed by atoms with Crippen molar-refractivity contribution in [2.75, 3.05) is 45.2 Å². The van der Waals surface area contributed by atoms with E-state index in [2.05, 4.69) is 17.1 Å². The average Bonchev–Trinajstić information content (AvgIpc) is 2.62. The number of hydrogen-bond acceptors (Lipinski definition) is 4. The number of carbonyl (C=O) groups excluding carboxylic acids is 2. The number of likely N-dealkylation sites (N-methyl/N-ethyl adjacent to an activating group) is 1. The normalized spacial score (nSPS) is 16.3. The highest BCUT2D eigenvalue weighted by molar-refractivity contribution is 5.97. The van der Waals surface area contributed by atoms with E-state index in [1.807, 2.05) is 14.0 Å². The predicted octanol–water partition coefficient (Wildman–Crippen LogP) is 2.22. The number of ether oxygens (including phenoxy) is 1. The highest BCUT2D eigenvalue weighted by Gasteiger charge is 2.21. The van der Waals surface area contributed by atoms with E-state index in [1.54, 1.807) is 29.2 Å². The third-order valence-electron chi connectivity index (χ3n) is 4.42. The van der Waals surface area contributed by atoms with Gasteiger partial charge in [0, 0.05) is 50.4 Å². The van der Waals surface area contributed by atoms with Gasteiger partial charge in [-0.1, -0.05) is 13.0 Å². The molecule has 1 saturated heterocycles. The summed E-state index contributed by atoms with van der Waals surface area (Å²) in [6.07, 6.45) is 1.28. The van der Waals surface area contributed by atoms with Crippen molar-refractivity contribution in [1.82, 2.24) is 9.80 Å². The summed E-state index contributed by atoms with van der Waals surface area (Å²) < 4.78 is 5.38. The summed E-state index contributed by atoms with van der Waals surface area (Å²) in [5, 5.41) is 2.84. The topological polar surface area (TPSA) is 61.9 Å². The van der Waals surface area contributed by atoms with Crippen LogP contribution in [0.2, 0.25) is 0 Å². The van der Waals surface area contributed by atoms with Crippen LogP contribution in [-0.4, -0.2) is 67.6 Å². The van der Waals surface area contributed by atoms with Crippen molar-refractivity contribution in [2.24, 2.45) is 0 Å². The fourth-order valence-electron chi connectivity index (χ4n) is 3.01. The van der Waals surface area contributed by atoms with Gasteiger partial charge < -0.3 is 15.0 Å². The molecule has 25 heavy (non-hydrogen) atoms. The molecule has 1 N–H and O–H groups in total. The molecule has 1 unspecified atom stereocenters. The summed E-state index contributed by atoms with van der Waals surface area (Å²) in [5.74, 6) is -0.0620. The van der Waals surface area contributed by atoms with Crippen LogP contribution < -0.4 is 5.32 Å². The summed E-state index contributed by atoms with van der Waals surface area (Å²) in [4.78, 5) is 28.5. The first-order valence-corrected chi connectivity index (χ1v) is 8.98. The molecule has 0 radical (unpaired) electrons. The Labute approximate surface area is 150 Å². The van der Waals surface area contributed by atoms with Gasteiger partial charge in [0.25, 0.3) is 5.91 Å². The molecule has 138 valence electrons. The molecule has 6 heteroatoms. The molecule has 1 atom stereocenters. The highest BCUT2D eigenvalue weighted by atomic mass is 16.5. The summed E-state index contributed by atoms with van der Waals surface area (Å²) in [6, 6.07) is 7.42. The molecular weight excluding hydrogens is 318 g/mol. The molecule has 2 rings (SSSR count). The Morgan fingerprint density at radius 1 is 1.32 bits per heavy atom. The van der Waals surface area contributed by atoms with E-state index in [-0.39, 0.29) is 17.9 Å². The van der Waals surface area contributed by atoms with Crippen molar-refractivity contribution in [3.63, 3.8) is 0 Å². The van der Waals surface area contributed by atoms with Crippen molar-refractivity contribution in [2.45, 2.75) is 32.7 Å². The molecule has 1 heterocycles. The summed E-state index contributed by atoms with van der Waals surface area (Å²) >= 11 is 0. The number of anilines is 1. The molecule has 6 nitrogen and oxygen atoms in total. The lowest BCUT2D eigenvalue weighted by Crippen LogP contribution is -2.47. The van der Waals surface area contributed by atoms with E-state index in [9.17, 15) is 9.59 Å². The summed E-state index contributed by atoms with van der Waals surface area (Å²) in [7, 11) is 1.82. The molecule has 2 amide bonds. The highest BCUT2D eigenvalue weighted by Crippen LogP contribution is 2.14. The second-order valence-electron chi connectivity index (χ2n) is 6.56. The molecule has 0 spiro atoms. The molecule has 1 aliphatic heterocycles. The van der Waals surface area contributed by atoms with Crippen LogP contribution in [-0.2, 0) is 9.53 Å². The van der Waals surface area contributed by atoms with Crippen LogP contribution in [0, 0.1) is 0 Å². The molecular formula is C19H29N3O3. The molecule has 1 aromatic rings. The number of benzene rings is 1. The molecule has 1 aromatic carbocycles. The number of rotatable bonds is 7. The molecule has 0 bridgehead atoms. The minimum atomic E-state index is -0.0355. The number of hydrogen-bond donors (Lipinski definition) is 1. The quantitative estimate of drug-likeness (QED) is 0.821. The standard InChI is InChI=1S/C19H29N3O3/c1-4-6-18(23)20-17-8-5-7-16(13-17)19(24)21(3)14-15(2)22-9-11-25-12-10-22/h5,7-8,13,15H,4,6,9-12,14H2,1-3H3,(H,20,23). The summed E-state index contributed by atoms with van der Waals surface area (Å²) in [5.41, 5.74) is 1.25. The first kappa shape index (κ1) is 19.4. The minimum Gasteiger partial charge on any atom is -0.379 e. The second-order valence-corrected chi connectivity index (χ2v) is 6.56. The Balaban J connectivity index is 1.95. The van der Waals surface area contributed by atoms with Gasteiger partial charge in [-0.15, -0.1) is 0 Å². The fraction of sp³-hybridized carbons (Fsp3) is 0.579. The maximum absolute atomic E-state index is 12.7. The Morgan fingerprint density at radius 3 is 2.72 bits per heavy atom. The van der Waals surface area contributed by atoms with Gasteiger partial charge in [-0.2, -0.15) is 0 Å². The number of amides is 2. The molecule has 0 aliphatic carbocycles. The Hall–Kier alpha value is -1.92. The van der Waals surface area contributed by atoms with Crippen LogP contribution >= 0.6 is 0 Å². The van der Waals surface area contributed by atoms with Crippen molar-refractivity contribution in [3.05, 3.63) is 29.8 Å². The van der Waals surface area contributed by atoms with Crippen LogP contribution in [0.3, 0.4) is 0 Å². The van der Waals surface area contributed by atoms with Crippen molar-refractivity contribution < 1.29 is 14.3 Å². The first-order chi connectivity index (χ1) is 12.0. The lowest BCUT2D eigenvalue weighted by Gasteiger charge is -2.34. The van der Waals surface area contributed by atoms with Crippen molar-refractivity contribution in [3.8, 4) is 0 Å². The van der Waals surface area contributed by atoms with Crippen LogP contribution in [0.5, 0.6) is 0 Å².